The van der Waals surface area contributed by atoms with Crippen LogP contribution in [-0.2, 0) is 15.1 Å². The summed E-state index contributed by atoms with van der Waals surface area (Å²) >= 11 is 12.3. The number of urea groups is 1. The van der Waals surface area contributed by atoms with Crippen molar-refractivity contribution in [3.05, 3.63) is 69.2 Å². The number of likely N-dealkylation sites (tertiary alicyclic amines) is 1. The minimum atomic E-state index is -1.48. The van der Waals surface area contributed by atoms with Gasteiger partial charge in [0.05, 0.1) is 29.6 Å². The summed E-state index contributed by atoms with van der Waals surface area (Å²) in [5.74, 6) is -1.86. The molecular weight excluding hydrogens is 571 g/mol. The molecule has 3 atom stereocenters. The Kier molecular flexibility index (Phi) is 9.56. The average Bonchev–Trinajstić information content (AvgIpc) is 3.19. The first-order valence-corrected chi connectivity index (χ1v) is 14.8. The number of rotatable bonds is 6. The van der Waals surface area contributed by atoms with Crippen molar-refractivity contribution in [2.24, 2.45) is 28.9 Å². The van der Waals surface area contributed by atoms with Crippen LogP contribution in [0.2, 0.25) is 10.0 Å². The van der Waals surface area contributed by atoms with Gasteiger partial charge in [0.2, 0.25) is 0 Å². The third-order valence-corrected chi connectivity index (χ3v) is 9.10. The van der Waals surface area contributed by atoms with Gasteiger partial charge in [-0.3, -0.25) is 4.79 Å². The van der Waals surface area contributed by atoms with E-state index in [4.69, 9.17) is 33.7 Å². The van der Waals surface area contributed by atoms with E-state index in [-0.39, 0.29) is 50.9 Å². The number of hydrogen-bond acceptors (Lipinski definition) is 4. The molecule has 0 spiro atoms. The molecule has 2 fully saturated rings. The lowest BCUT2D eigenvalue weighted by Gasteiger charge is -2.40. The molecule has 1 aliphatic carbocycles. The number of carbonyl (C=O) groups is 2. The van der Waals surface area contributed by atoms with Gasteiger partial charge in [0, 0.05) is 35.2 Å². The average molecular weight is 611 g/mol. The van der Waals surface area contributed by atoms with Crippen LogP contribution in [0.1, 0.15) is 70.0 Å². The maximum absolute atomic E-state index is 15.7. The Bertz CT molecular complexity index is 1280. The van der Waals surface area contributed by atoms with E-state index in [1.54, 1.807) is 18.2 Å². The summed E-state index contributed by atoms with van der Waals surface area (Å²) in [5.41, 5.74) is 5.83. The van der Waals surface area contributed by atoms with Crippen LogP contribution in [0.15, 0.2) is 36.4 Å². The number of amides is 2. The summed E-state index contributed by atoms with van der Waals surface area (Å²) in [5, 5.41) is 3.13. The first-order chi connectivity index (χ1) is 19.3. The molecule has 0 unspecified atom stereocenters. The molecule has 1 heterocycles. The zero-order chi connectivity index (χ0) is 30.1. The van der Waals surface area contributed by atoms with Crippen LogP contribution in [0.5, 0.6) is 0 Å². The molecule has 2 aromatic carbocycles. The lowest BCUT2D eigenvalue weighted by Crippen LogP contribution is -2.50. The van der Waals surface area contributed by atoms with E-state index in [1.807, 2.05) is 20.8 Å². The van der Waals surface area contributed by atoms with Crippen LogP contribution in [0.25, 0.3) is 0 Å². The molecule has 2 aliphatic rings. The summed E-state index contributed by atoms with van der Waals surface area (Å²) in [6.07, 6.45) is 3.49. The van der Waals surface area contributed by atoms with Gasteiger partial charge >= 0.3 is 12.0 Å². The zero-order valence-electron chi connectivity index (χ0n) is 24.0. The van der Waals surface area contributed by atoms with E-state index in [0.717, 1.165) is 12.8 Å². The fourth-order valence-electron chi connectivity index (χ4n) is 6.61. The first-order valence-electron chi connectivity index (χ1n) is 14.1. The van der Waals surface area contributed by atoms with Crippen LogP contribution in [-0.4, -0.2) is 37.1 Å². The maximum atomic E-state index is 15.7. The molecule has 4 rings (SSSR count). The Morgan fingerprint density at radius 2 is 1.80 bits per heavy atom. The van der Waals surface area contributed by atoms with Crippen molar-refractivity contribution in [2.75, 3.05) is 20.2 Å². The number of halogens is 4. The highest BCUT2D eigenvalue weighted by Crippen LogP contribution is 2.53. The second-order valence-electron chi connectivity index (χ2n) is 12.6. The standard InChI is InChI=1S/C31H39Cl2F2N3O3/c1-30(2,3)15-20-17-38(29(40)37-16-18-8-10-19(11-9-18)28(39)41-4)27(22-6-5-7-24(33)26(22)35)31(20,36)23-13-12-21(32)14-25(23)34/h5-7,12-14,18-20,27H,8-11,15-17,36H2,1-4H3,(H,37,40)/t18-,19-,20-,27-,31+/m1/s1. The summed E-state index contributed by atoms with van der Waals surface area (Å²) in [6.45, 7) is 6.73. The van der Waals surface area contributed by atoms with Gasteiger partial charge in [-0.1, -0.05) is 62.2 Å². The highest BCUT2D eigenvalue weighted by Gasteiger charge is 2.57. The summed E-state index contributed by atoms with van der Waals surface area (Å²) in [6, 6.07) is 7.41. The van der Waals surface area contributed by atoms with Gasteiger partial charge in [-0.15, -0.1) is 0 Å². The Morgan fingerprint density at radius 3 is 2.41 bits per heavy atom. The monoisotopic (exact) mass is 609 g/mol. The fourth-order valence-corrected chi connectivity index (χ4v) is 6.96. The van der Waals surface area contributed by atoms with Crippen LogP contribution in [0.4, 0.5) is 13.6 Å². The molecule has 2 amide bonds. The lowest BCUT2D eigenvalue weighted by molar-refractivity contribution is -0.146. The smallest absolute Gasteiger partial charge is 0.318 e. The van der Waals surface area contributed by atoms with Crippen LogP contribution < -0.4 is 11.1 Å². The second-order valence-corrected chi connectivity index (χ2v) is 13.5. The number of carbonyl (C=O) groups excluding carboxylic acids is 2. The van der Waals surface area contributed by atoms with Crippen LogP contribution in [0.3, 0.4) is 0 Å². The van der Waals surface area contributed by atoms with Crippen LogP contribution in [0, 0.1) is 34.8 Å². The number of nitrogens with two attached hydrogens (primary N) is 1. The number of methoxy groups -OCH3 is 1. The quantitative estimate of drug-likeness (QED) is 0.338. The predicted molar refractivity (Wildman–Crippen MR) is 157 cm³/mol. The predicted octanol–water partition coefficient (Wildman–Crippen LogP) is 7.22. The summed E-state index contributed by atoms with van der Waals surface area (Å²) in [4.78, 5) is 27.3. The fraction of sp³-hybridized carbons (Fsp3) is 0.548. The van der Waals surface area contributed by atoms with Gasteiger partial charge in [-0.25, -0.2) is 13.6 Å². The molecule has 0 bridgehead atoms. The van der Waals surface area contributed by atoms with Crippen molar-refractivity contribution in [1.82, 2.24) is 10.2 Å². The van der Waals surface area contributed by atoms with E-state index in [0.29, 0.717) is 25.8 Å². The summed E-state index contributed by atoms with van der Waals surface area (Å²) < 4.78 is 36.2. The van der Waals surface area contributed by atoms with Crippen molar-refractivity contribution in [3.8, 4) is 0 Å². The van der Waals surface area contributed by atoms with Crippen LogP contribution >= 0.6 is 23.2 Å². The molecule has 3 N–H and O–H groups in total. The Hall–Kier alpha value is -2.42. The highest BCUT2D eigenvalue weighted by atomic mass is 35.5. The third-order valence-electron chi connectivity index (χ3n) is 8.57. The van der Waals surface area contributed by atoms with Gasteiger partial charge in [-0.05, 0) is 61.6 Å². The molecular formula is C31H39Cl2F2N3O3. The van der Waals surface area contributed by atoms with Crippen molar-refractivity contribution in [1.29, 1.82) is 0 Å². The molecule has 41 heavy (non-hydrogen) atoms. The third kappa shape index (κ3) is 6.65. The Labute approximate surface area is 250 Å². The minimum absolute atomic E-state index is 0.108. The molecule has 0 aromatic heterocycles. The molecule has 2 aromatic rings. The van der Waals surface area contributed by atoms with Crippen molar-refractivity contribution < 1.29 is 23.1 Å². The van der Waals surface area contributed by atoms with Crippen molar-refractivity contribution in [3.63, 3.8) is 0 Å². The Morgan fingerprint density at radius 1 is 1.12 bits per heavy atom. The van der Waals surface area contributed by atoms with E-state index in [2.05, 4.69) is 5.32 Å². The lowest BCUT2D eigenvalue weighted by atomic mass is 9.69. The normalized spacial score (nSPS) is 26.6. The van der Waals surface area contributed by atoms with Gasteiger partial charge in [0.15, 0.2) is 0 Å². The number of nitrogens with one attached hydrogen (secondary N) is 1. The van der Waals surface area contributed by atoms with E-state index >= 15 is 8.78 Å². The number of benzene rings is 2. The summed E-state index contributed by atoms with van der Waals surface area (Å²) in [7, 11) is 1.39. The number of esters is 1. The van der Waals surface area contributed by atoms with E-state index in [1.165, 1.54) is 30.2 Å². The van der Waals surface area contributed by atoms with Gasteiger partial charge in [0.25, 0.3) is 0 Å². The highest BCUT2D eigenvalue weighted by molar-refractivity contribution is 6.31. The van der Waals surface area contributed by atoms with Gasteiger partial charge in [0.1, 0.15) is 11.6 Å². The molecule has 1 saturated heterocycles. The molecule has 0 radical (unpaired) electrons. The van der Waals surface area contributed by atoms with Gasteiger partial charge < -0.3 is 20.7 Å². The molecule has 1 aliphatic heterocycles. The second kappa shape index (κ2) is 12.4. The molecule has 10 heteroatoms. The van der Waals surface area contributed by atoms with Crippen molar-refractivity contribution >= 4 is 35.2 Å². The van der Waals surface area contributed by atoms with E-state index in [9.17, 15) is 9.59 Å². The first kappa shape index (κ1) is 31.5. The van der Waals surface area contributed by atoms with E-state index < -0.39 is 35.2 Å². The zero-order valence-corrected chi connectivity index (χ0v) is 25.5. The van der Waals surface area contributed by atoms with Crippen molar-refractivity contribution in [2.45, 2.75) is 64.5 Å². The topological polar surface area (TPSA) is 84.7 Å². The molecule has 224 valence electrons. The number of hydrogen-bond donors (Lipinski definition) is 2. The minimum Gasteiger partial charge on any atom is -0.469 e. The van der Waals surface area contributed by atoms with Gasteiger partial charge in [-0.2, -0.15) is 0 Å². The number of ether oxygens (including phenoxy) is 1. The SMILES string of the molecule is COC(=O)[C@H]1CC[C@H](CNC(=O)N2C[C@@H](CC(C)(C)C)[C@](N)(c3ccc(Cl)cc3F)[C@H]2c2cccc(Cl)c2F)CC1. The maximum Gasteiger partial charge on any atom is 0.318 e. The Balaban J connectivity index is 1.70. The number of nitrogens with zero attached hydrogens (tertiary/aromatic N) is 1. The molecule has 1 saturated carbocycles. The largest absolute Gasteiger partial charge is 0.469 e. The molecule has 6 nitrogen and oxygen atoms in total.